The van der Waals surface area contributed by atoms with E-state index in [9.17, 15) is 9.18 Å². The van der Waals surface area contributed by atoms with Crippen molar-refractivity contribution in [2.24, 2.45) is 0 Å². The van der Waals surface area contributed by atoms with Crippen LogP contribution in [-0.4, -0.2) is 49.8 Å². The molecule has 0 N–H and O–H groups in total. The molecule has 4 nitrogen and oxygen atoms in total. The van der Waals surface area contributed by atoms with Crippen molar-refractivity contribution < 1.29 is 18.7 Å². The quantitative estimate of drug-likeness (QED) is 0.757. The monoisotopic (exact) mass is 295 g/mol. The molecule has 1 aliphatic rings. The van der Waals surface area contributed by atoms with Crippen LogP contribution in [0.1, 0.15) is 30.1 Å². The van der Waals surface area contributed by atoms with Crippen LogP contribution in [0.5, 0.6) is 0 Å². The lowest BCUT2D eigenvalue weighted by Crippen LogP contribution is -2.41. The van der Waals surface area contributed by atoms with Crippen LogP contribution in [0.4, 0.5) is 4.39 Å². The normalized spacial score (nSPS) is 16.2. The van der Waals surface area contributed by atoms with Crippen LogP contribution in [0.2, 0.25) is 0 Å². The van der Waals surface area contributed by atoms with E-state index in [0.717, 1.165) is 12.8 Å². The molecular weight excluding hydrogens is 273 g/mol. The zero-order valence-electron chi connectivity index (χ0n) is 12.4. The predicted octanol–water partition coefficient (Wildman–Crippen LogP) is 2.48. The Morgan fingerprint density at radius 3 is 2.52 bits per heavy atom. The van der Waals surface area contributed by atoms with Gasteiger partial charge in [-0.15, -0.1) is 0 Å². The number of hydrogen-bond acceptors (Lipinski definition) is 3. The molecule has 1 aromatic carbocycles. The summed E-state index contributed by atoms with van der Waals surface area (Å²) >= 11 is 0. The Hall–Kier alpha value is -1.46. The van der Waals surface area contributed by atoms with E-state index in [1.807, 2.05) is 6.92 Å². The third kappa shape index (κ3) is 4.79. The highest BCUT2D eigenvalue weighted by atomic mass is 19.1. The van der Waals surface area contributed by atoms with Crippen LogP contribution in [-0.2, 0) is 9.47 Å². The summed E-state index contributed by atoms with van der Waals surface area (Å²) in [6, 6.07) is 5.69. The van der Waals surface area contributed by atoms with Gasteiger partial charge in [-0.1, -0.05) is 0 Å². The van der Waals surface area contributed by atoms with Gasteiger partial charge in [0.05, 0.1) is 19.3 Å². The molecule has 5 heteroatoms. The minimum Gasteiger partial charge on any atom is -0.379 e. The van der Waals surface area contributed by atoms with E-state index >= 15 is 0 Å². The molecule has 0 spiro atoms. The van der Waals surface area contributed by atoms with Gasteiger partial charge in [-0.2, -0.15) is 0 Å². The first-order chi connectivity index (χ1) is 10.2. The zero-order chi connectivity index (χ0) is 15.1. The van der Waals surface area contributed by atoms with E-state index in [-0.39, 0.29) is 17.8 Å². The Balaban J connectivity index is 1.75. The van der Waals surface area contributed by atoms with Gasteiger partial charge in [0, 0.05) is 25.3 Å². The molecule has 0 aliphatic carbocycles. The molecule has 0 radical (unpaired) electrons. The predicted molar refractivity (Wildman–Crippen MR) is 77.8 cm³/mol. The number of nitrogens with zero attached hydrogens (tertiary/aromatic N) is 1. The molecule has 1 aliphatic heterocycles. The van der Waals surface area contributed by atoms with Crippen molar-refractivity contribution in [1.29, 1.82) is 0 Å². The smallest absolute Gasteiger partial charge is 0.253 e. The summed E-state index contributed by atoms with van der Waals surface area (Å²) < 4.78 is 23.8. The number of benzene rings is 1. The molecule has 2 rings (SSSR count). The Morgan fingerprint density at radius 1 is 1.24 bits per heavy atom. The summed E-state index contributed by atoms with van der Waals surface area (Å²) in [6.07, 6.45) is 1.86. The largest absolute Gasteiger partial charge is 0.379 e. The molecule has 116 valence electrons. The molecule has 0 bridgehead atoms. The summed E-state index contributed by atoms with van der Waals surface area (Å²) in [6.45, 7) is 5.23. The molecule has 1 amide bonds. The lowest BCUT2D eigenvalue weighted by Gasteiger charge is -2.32. The van der Waals surface area contributed by atoms with Crippen molar-refractivity contribution in [2.45, 2.75) is 25.9 Å². The average molecular weight is 295 g/mol. The molecule has 0 aromatic heterocycles. The minimum absolute atomic E-state index is 0.0391. The SMILES string of the molecule is CCOCCOC1CCN(C(=O)c2ccc(F)cc2)CC1. The van der Waals surface area contributed by atoms with Gasteiger partial charge >= 0.3 is 0 Å². The molecule has 1 saturated heterocycles. The van der Waals surface area contributed by atoms with Crippen molar-refractivity contribution in [2.75, 3.05) is 32.9 Å². The maximum atomic E-state index is 12.9. The van der Waals surface area contributed by atoms with Crippen molar-refractivity contribution in [3.8, 4) is 0 Å². The van der Waals surface area contributed by atoms with Gasteiger partial charge in [0.2, 0.25) is 0 Å². The topological polar surface area (TPSA) is 38.8 Å². The average Bonchev–Trinajstić information content (AvgIpc) is 2.52. The van der Waals surface area contributed by atoms with Crippen LogP contribution >= 0.6 is 0 Å². The second-order valence-corrected chi connectivity index (χ2v) is 5.07. The van der Waals surface area contributed by atoms with E-state index in [1.165, 1.54) is 24.3 Å². The zero-order valence-corrected chi connectivity index (χ0v) is 12.4. The minimum atomic E-state index is -0.326. The van der Waals surface area contributed by atoms with Crippen molar-refractivity contribution in [1.82, 2.24) is 4.90 Å². The molecule has 1 fully saturated rings. The van der Waals surface area contributed by atoms with Crippen molar-refractivity contribution in [3.05, 3.63) is 35.6 Å². The highest BCUT2D eigenvalue weighted by Gasteiger charge is 2.23. The Morgan fingerprint density at radius 2 is 1.90 bits per heavy atom. The maximum Gasteiger partial charge on any atom is 0.253 e. The molecule has 0 atom stereocenters. The van der Waals surface area contributed by atoms with Gasteiger partial charge in [-0.05, 0) is 44.0 Å². The number of halogens is 1. The third-order valence-corrected chi connectivity index (χ3v) is 3.61. The summed E-state index contributed by atoms with van der Waals surface area (Å²) in [5, 5.41) is 0. The first kappa shape index (κ1) is 15.9. The number of piperidine rings is 1. The second kappa shape index (κ2) is 8.10. The molecule has 0 unspecified atom stereocenters. The van der Waals surface area contributed by atoms with Gasteiger partial charge in [-0.3, -0.25) is 4.79 Å². The van der Waals surface area contributed by atoms with Crippen LogP contribution in [0.3, 0.4) is 0 Å². The van der Waals surface area contributed by atoms with Crippen molar-refractivity contribution >= 4 is 5.91 Å². The van der Waals surface area contributed by atoms with Gasteiger partial charge < -0.3 is 14.4 Å². The fraction of sp³-hybridized carbons (Fsp3) is 0.562. The van der Waals surface area contributed by atoms with E-state index in [1.54, 1.807) is 4.90 Å². The number of hydrogen-bond donors (Lipinski definition) is 0. The number of amides is 1. The Kier molecular flexibility index (Phi) is 6.14. The summed E-state index contributed by atoms with van der Waals surface area (Å²) in [4.78, 5) is 14.1. The lowest BCUT2D eigenvalue weighted by atomic mass is 10.1. The van der Waals surface area contributed by atoms with Crippen LogP contribution in [0.25, 0.3) is 0 Å². The summed E-state index contributed by atoms with van der Waals surface area (Å²) in [5.74, 6) is -0.365. The second-order valence-electron chi connectivity index (χ2n) is 5.07. The van der Waals surface area contributed by atoms with E-state index in [2.05, 4.69) is 0 Å². The van der Waals surface area contributed by atoms with Gasteiger partial charge in [0.15, 0.2) is 0 Å². The first-order valence-corrected chi connectivity index (χ1v) is 7.45. The van der Waals surface area contributed by atoms with E-state index < -0.39 is 0 Å². The third-order valence-electron chi connectivity index (χ3n) is 3.61. The van der Waals surface area contributed by atoms with Gasteiger partial charge in [-0.25, -0.2) is 4.39 Å². The summed E-state index contributed by atoms with van der Waals surface area (Å²) in [5.41, 5.74) is 0.534. The molecule has 21 heavy (non-hydrogen) atoms. The Bertz CT molecular complexity index is 441. The number of rotatable bonds is 6. The van der Waals surface area contributed by atoms with Crippen LogP contribution in [0.15, 0.2) is 24.3 Å². The number of likely N-dealkylation sites (tertiary alicyclic amines) is 1. The number of ether oxygens (including phenoxy) is 2. The van der Waals surface area contributed by atoms with Gasteiger partial charge in [0.25, 0.3) is 5.91 Å². The Labute approximate surface area is 124 Å². The molecule has 0 saturated carbocycles. The van der Waals surface area contributed by atoms with Gasteiger partial charge in [0.1, 0.15) is 5.82 Å². The fourth-order valence-electron chi connectivity index (χ4n) is 2.42. The maximum absolute atomic E-state index is 12.9. The first-order valence-electron chi connectivity index (χ1n) is 7.45. The van der Waals surface area contributed by atoms with Crippen LogP contribution < -0.4 is 0 Å². The number of carbonyl (C=O) groups is 1. The molecular formula is C16H22FNO3. The highest BCUT2D eigenvalue weighted by Crippen LogP contribution is 2.16. The van der Waals surface area contributed by atoms with E-state index in [4.69, 9.17) is 9.47 Å². The van der Waals surface area contributed by atoms with Crippen molar-refractivity contribution in [3.63, 3.8) is 0 Å². The molecule has 1 heterocycles. The summed E-state index contributed by atoms with van der Waals surface area (Å²) in [7, 11) is 0. The highest BCUT2D eigenvalue weighted by molar-refractivity contribution is 5.94. The lowest BCUT2D eigenvalue weighted by molar-refractivity contribution is -0.0182. The fourth-order valence-corrected chi connectivity index (χ4v) is 2.42. The van der Waals surface area contributed by atoms with Crippen LogP contribution in [0, 0.1) is 5.82 Å². The standard InChI is InChI=1S/C16H22FNO3/c1-2-20-11-12-21-15-7-9-18(10-8-15)16(19)13-3-5-14(17)6-4-13/h3-6,15H,2,7-12H2,1H3. The van der Waals surface area contributed by atoms with E-state index in [0.29, 0.717) is 38.5 Å². The molecule has 1 aromatic rings. The number of carbonyl (C=O) groups excluding carboxylic acids is 1.